The molecule has 2 aromatic rings. The average molecular weight is 291 g/mol. The van der Waals surface area contributed by atoms with Crippen molar-refractivity contribution in [3.63, 3.8) is 0 Å². The number of nitrogens with two attached hydrogens (primary N) is 1. The van der Waals surface area contributed by atoms with Crippen LogP contribution in [0.1, 0.15) is 15.4 Å². The molecule has 1 aliphatic rings. The van der Waals surface area contributed by atoms with Crippen LogP contribution in [-0.2, 0) is 6.54 Å². The van der Waals surface area contributed by atoms with Crippen molar-refractivity contribution in [2.75, 3.05) is 31.9 Å². The Labute approximate surface area is 121 Å². The van der Waals surface area contributed by atoms with Gasteiger partial charge in [-0.1, -0.05) is 0 Å². The molecule has 3 heterocycles. The van der Waals surface area contributed by atoms with Gasteiger partial charge >= 0.3 is 0 Å². The Balaban J connectivity index is 1.56. The molecule has 1 amide bonds. The van der Waals surface area contributed by atoms with Crippen molar-refractivity contribution >= 4 is 22.9 Å². The molecule has 2 aromatic heterocycles. The van der Waals surface area contributed by atoms with E-state index in [1.54, 1.807) is 12.3 Å². The Morgan fingerprint density at radius 1 is 1.30 bits per heavy atom. The molecule has 0 saturated carbocycles. The van der Waals surface area contributed by atoms with Crippen LogP contribution in [0.5, 0.6) is 0 Å². The van der Waals surface area contributed by atoms with Crippen LogP contribution in [0.3, 0.4) is 0 Å². The summed E-state index contributed by atoms with van der Waals surface area (Å²) in [7, 11) is 0. The van der Waals surface area contributed by atoms with E-state index < -0.39 is 0 Å². The van der Waals surface area contributed by atoms with Crippen LogP contribution in [0.4, 0.5) is 5.69 Å². The van der Waals surface area contributed by atoms with E-state index in [1.165, 1.54) is 11.3 Å². The first-order chi connectivity index (χ1) is 9.74. The van der Waals surface area contributed by atoms with E-state index >= 15 is 0 Å². The minimum absolute atomic E-state index is 0.0511. The minimum atomic E-state index is 0.0511. The van der Waals surface area contributed by atoms with Crippen LogP contribution >= 0.6 is 11.3 Å². The number of piperazine rings is 1. The summed E-state index contributed by atoms with van der Waals surface area (Å²) in [6, 6.07) is 5.66. The summed E-state index contributed by atoms with van der Waals surface area (Å²) < 4.78 is 5.35. The molecular weight excluding hydrogens is 274 g/mol. The van der Waals surface area contributed by atoms with E-state index in [1.807, 2.05) is 22.4 Å². The Morgan fingerprint density at radius 3 is 2.70 bits per heavy atom. The van der Waals surface area contributed by atoms with E-state index in [4.69, 9.17) is 10.2 Å². The second-order valence-corrected chi connectivity index (χ2v) is 5.77. The van der Waals surface area contributed by atoms with Gasteiger partial charge in [-0.05, 0) is 23.6 Å². The van der Waals surface area contributed by atoms with Crippen molar-refractivity contribution < 1.29 is 9.21 Å². The van der Waals surface area contributed by atoms with Gasteiger partial charge in [0.25, 0.3) is 5.91 Å². The number of hydrogen-bond donors (Lipinski definition) is 1. The van der Waals surface area contributed by atoms with Gasteiger partial charge in [0.05, 0.1) is 18.5 Å². The van der Waals surface area contributed by atoms with Crippen LogP contribution in [0.2, 0.25) is 0 Å². The maximum absolute atomic E-state index is 12.3. The molecule has 1 aliphatic heterocycles. The third-order valence-corrected chi connectivity index (χ3v) is 4.43. The monoisotopic (exact) mass is 291 g/mol. The van der Waals surface area contributed by atoms with Gasteiger partial charge in [0.15, 0.2) is 0 Å². The van der Waals surface area contributed by atoms with Crippen LogP contribution in [-0.4, -0.2) is 41.9 Å². The first-order valence-corrected chi connectivity index (χ1v) is 7.49. The van der Waals surface area contributed by atoms with Crippen molar-refractivity contribution in [3.05, 3.63) is 40.5 Å². The van der Waals surface area contributed by atoms with Crippen molar-refractivity contribution in [2.45, 2.75) is 6.54 Å². The fourth-order valence-corrected chi connectivity index (χ4v) is 3.15. The third kappa shape index (κ3) is 2.71. The molecule has 1 fully saturated rings. The van der Waals surface area contributed by atoms with E-state index in [0.29, 0.717) is 10.6 Å². The summed E-state index contributed by atoms with van der Waals surface area (Å²) in [5.74, 6) is 1.02. The van der Waals surface area contributed by atoms with Gasteiger partial charge in [-0.15, -0.1) is 11.3 Å². The average Bonchev–Trinajstić information content (AvgIpc) is 3.10. The Morgan fingerprint density at radius 2 is 2.10 bits per heavy atom. The van der Waals surface area contributed by atoms with Crippen LogP contribution in [0.15, 0.2) is 34.3 Å². The molecule has 5 nitrogen and oxygen atoms in total. The fourth-order valence-electron chi connectivity index (χ4n) is 2.37. The van der Waals surface area contributed by atoms with Crippen molar-refractivity contribution in [1.29, 1.82) is 0 Å². The van der Waals surface area contributed by atoms with Gasteiger partial charge in [-0.2, -0.15) is 0 Å². The molecule has 0 aliphatic carbocycles. The second kappa shape index (κ2) is 5.68. The first-order valence-electron chi connectivity index (χ1n) is 6.61. The molecule has 0 radical (unpaired) electrons. The van der Waals surface area contributed by atoms with Gasteiger partial charge < -0.3 is 15.1 Å². The molecule has 20 heavy (non-hydrogen) atoms. The smallest absolute Gasteiger partial charge is 0.266 e. The summed E-state index contributed by atoms with van der Waals surface area (Å²) in [5.41, 5.74) is 6.39. The molecule has 3 rings (SSSR count). The molecule has 0 spiro atoms. The van der Waals surface area contributed by atoms with Gasteiger partial charge in [-0.25, -0.2) is 0 Å². The Hall–Kier alpha value is -1.79. The molecule has 6 heteroatoms. The van der Waals surface area contributed by atoms with Gasteiger partial charge in [0, 0.05) is 26.2 Å². The predicted octanol–water partition coefficient (Wildman–Crippen LogP) is 1.88. The number of amides is 1. The molecule has 0 bridgehead atoms. The molecule has 0 atom stereocenters. The number of furan rings is 1. The molecule has 2 N–H and O–H groups in total. The van der Waals surface area contributed by atoms with E-state index in [-0.39, 0.29) is 5.91 Å². The predicted molar refractivity (Wildman–Crippen MR) is 78.6 cm³/mol. The fraction of sp³-hybridized carbons (Fsp3) is 0.357. The van der Waals surface area contributed by atoms with E-state index in [2.05, 4.69) is 4.90 Å². The molecule has 1 saturated heterocycles. The zero-order chi connectivity index (χ0) is 13.9. The number of carbonyl (C=O) groups is 1. The van der Waals surface area contributed by atoms with Gasteiger partial charge in [0.2, 0.25) is 0 Å². The van der Waals surface area contributed by atoms with E-state index in [9.17, 15) is 4.79 Å². The lowest BCUT2D eigenvalue weighted by atomic mass is 10.2. The van der Waals surface area contributed by atoms with Gasteiger partial charge in [0.1, 0.15) is 10.6 Å². The lowest BCUT2D eigenvalue weighted by Gasteiger charge is -2.34. The highest BCUT2D eigenvalue weighted by Gasteiger charge is 2.24. The number of thiophene rings is 1. The summed E-state index contributed by atoms with van der Waals surface area (Å²) in [4.78, 5) is 17.1. The topological polar surface area (TPSA) is 62.7 Å². The maximum atomic E-state index is 12.3. The summed E-state index contributed by atoms with van der Waals surface area (Å²) >= 11 is 1.41. The maximum Gasteiger partial charge on any atom is 0.266 e. The highest BCUT2D eigenvalue weighted by molar-refractivity contribution is 7.12. The third-order valence-electron chi connectivity index (χ3n) is 3.51. The minimum Gasteiger partial charge on any atom is -0.468 e. The molecule has 106 valence electrons. The van der Waals surface area contributed by atoms with Crippen molar-refractivity contribution in [2.24, 2.45) is 0 Å². The highest BCUT2D eigenvalue weighted by Crippen LogP contribution is 2.21. The quantitative estimate of drug-likeness (QED) is 0.938. The standard InChI is InChI=1S/C14H17N3O2S/c15-12-3-9-20-13(12)14(18)17-6-4-16(5-7-17)10-11-2-1-8-19-11/h1-3,8-9H,4-7,10,15H2. The SMILES string of the molecule is Nc1ccsc1C(=O)N1CCN(Cc2ccco2)CC1. The Kier molecular flexibility index (Phi) is 3.75. The lowest BCUT2D eigenvalue weighted by molar-refractivity contribution is 0.0626. The highest BCUT2D eigenvalue weighted by atomic mass is 32.1. The summed E-state index contributed by atoms with van der Waals surface area (Å²) in [6.07, 6.45) is 1.69. The molecular formula is C14H17N3O2S. The Bertz CT molecular complexity index is 571. The number of carbonyl (C=O) groups excluding carboxylic acids is 1. The second-order valence-electron chi connectivity index (χ2n) is 4.85. The van der Waals surface area contributed by atoms with Crippen LogP contribution in [0.25, 0.3) is 0 Å². The lowest BCUT2D eigenvalue weighted by Crippen LogP contribution is -2.48. The zero-order valence-electron chi connectivity index (χ0n) is 11.1. The van der Waals surface area contributed by atoms with Gasteiger partial charge in [-0.3, -0.25) is 9.69 Å². The molecule has 0 unspecified atom stereocenters. The summed E-state index contributed by atoms with van der Waals surface area (Å²) in [5, 5.41) is 1.86. The molecule has 0 aromatic carbocycles. The number of anilines is 1. The number of nitrogen functional groups attached to an aromatic ring is 1. The number of nitrogens with zero attached hydrogens (tertiary/aromatic N) is 2. The number of rotatable bonds is 3. The van der Waals surface area contributed by atoms with Crippen LogP contribution < -0.4 is 5.73 Å². The normalized spacial score (nSPS) is 16.5. The summed E-state index contributed by atoms with van der Waals surface area (Å²) in [6.45, 7) is 3.99. The first kappa shape index (κ1) is 13.2. The number of hydrogen-bond acceptors (Lipinski definition) is 5. The zero-order valence-corrected chi connectivity index (χ0v) is 11.9. The van der Waals surface area contributed by atoms with Crippen molar-refractivity contribution in [1.82, 2.24) is 9.80 Å². The van der Waals surface area contributed by atoms with E-state index in [0.717, 1.165) is 38.5 Å². The van der Waals surface area contributed by atoms with Crippen LogP contribution in [0, 0.1) is 0 Å². The van der Waals surface area contributed by atoms with Crippen molar-refractivity contribution in [3.8, 4) is 0 Å². The largest absolute Gasteiger partial charge is 0.468 e.